The highest BCUT2D eigenvalue weighted by molar-refractivity contribution is 5.17. The number of nitrogens with one attached hydrogen (secondary N) is 1. The first-order valence-corrected chi connectivity index (χ1v) is 5.49. The summed E-state index contributed by atoms with van der Waals surface area (Å²) in [6, 6.07) is 9.15. The molecule has 1 saturated heterocycles. The van der Waals surface area contributed by atoms with E-state index in [-0.39, 0.29) is 12.6 Å². The largest absolute Gasteiger partial charge is 0.395 e. The van der Waals surface area contributed by atoms with Crippen molar-refractivity contribution in [3.8, 4) is 0 Å². The lowest BCUT2D eigenvalue weighted by Crippen LogP contribution is -2.36. The molecular formula is C12H17NO3. The second kappa shape index (κ2) is 4.93. The number of benzene rings is 1. The van der Waals surface area contributed by atoms with Gasteiger partial charge in [-0.05, 0) is 12.0 Å². The fourth-order valence-corrected chi connectivity index (χ4v) is 2.16. The molecule has 0 spiro atoms. The predicted molar refractivity (Wildman–Crippen MR) is 60.0 cm³/mol. The molecule has 4 heteroatoms. The molecule has 1 aromatic carbocycles. The van der Waals surface area contributed by atoms with Crippen molar-refractivity contribution in [3.05, 3.63) is 35.9 Å². The van der Waals surface area contributed by atoms with E-state index in [2.05, 4.69) is 5.32 Å². The third kappa shape index (κ3) is 2.25. The molecule has 4 nitrogen and oxygen atoms in total. The van der Waals surface area contributed by atoms with Crippen LogP contribution in [0.25, 0.3) is 0 Å². The molecular weight excluding hydrogens is 206 g/mol. The van der Waals surface area contributed by atoms with Crippen LogP contribution in [0.15, 0.2) is 30.3 Å². The zero-order valence-electron chi connectivity index (χ0n) is 8.95. The van der Waals surface area contributed by atoms with Gasteiger partial charge in [0.15, 0.2) is 0 Å². The zero-order valence-corrected chi connectivity index (χ0v) is 8.95. The van der Waals surface area contributed by atoms with E-state index in [9.17, 15) is 10.2 Å². The van der Waals surface area contributed by atoms with Gasteiger partial charge < -0.3 is 20.6 Å². The minimum Gasteiger partial charge on any atom is -0.395 e. The summed E-state index contributed by atoms with van der Waals surface area (Å²) >= 11 is 0. The second-order valence-corrected chi connectivity index (χ2v) is 4.23. The van der Waals surface area contributed by atoms with E-state index in [4.69, 9.17) is 5.11 Å². The van der Waals surface area contributed by atoms with Gasteiger partial charge in [-0.25, -0.2) is 0 Å². The van der Waals surface area contributed by atoms with Crippen LogP contribution in [0.1, 0.15) is 5.56 Å². The molecule has 1 heterocycles. The van der Waals surface area contributed by atoms with E-state index in [0.29, 0.717) is 6.42 Å². The molecule has 16 heavy (non-hydrogen) atoms. The Balaban J connectivity index is 2.01. The average Bonchev–Trinajstić information content (AvgIpc) is 2.58. The molecule has 4 N–H and O–H groups in total. The minimum atomic E-state index is -0.890. The Kier molecular flexibility index (Phi) is 3.56. The van der Waals surface area contributed by atoms with Crippen LogP contribution < -0.4 is 5.32 Å². The summed E-state index contributed by atoms with van der Waals surface area (Å²) in [6.45, 7) is -0.163. The molecule has 1 aliphatic rings. The lowest BCUT2D eigenvalue weighted by Gasteiger charge is -2.15. The van der Waals surface area contributed by atoms with Gasteiger partial charge in [-0.1, -0.05) is 30.3 Å². The van der Waals surface area contributed by atoms with E-state index in [0.717, 1.165) is 5.56 Å². The molecule has 88 valence electrons. The summed E-state index contributed by atoms with van der Waals surface area (Å²) in [5.74, 6) is 0. The Morgan fingerprint density at radius 1 is 1.00 bits per heavy atom. The van der Waals surface area contributed by atoms with E-state index in [1.54, 1.807) is 0 Å². The Bertz CT molecular complexity index is 330. The van der Waals surface area contributed by atoms with Gasteiger partial charge in [0.1, 0.15) is 0 Å². The molecule has 0 saturated carbocycles. The highest BCUT2D eigenvalue weighted by Crippen LogP contribution is 2.17. The van der Waals surface area contributed by atoms with Crippen molar-refractivity contribution in [3.63, 3.8) is 0 Å². The highest BCUT2D eigenvalue weighted by atomic mass is 16.3. The van der Waals surface area contributed by atoms with Gasteiger partial charge in [0.2, 0.25) is 0 Å². The molecule has 1 aliphatic heterocycles. The van der Waals surface area contributed by atoms with Crippen LogP contribution in [0.5, 0.6) is 0 Å². The Hall–Kier alpha value is -0.940. The Labute approximate surface area is 94.5 Å². The van der Waals surface area contributed by atoms with Crippen molar-refractivity contribution in [2.24, 2.45) is 0 Å². The van der Waals surface area contributed by atoms with E-state index in [1.807, 2.05) is 30.3 Å². The van der Waals surface area contributed by atoms with Crippen molar-refractivity contribution in [2.75, 3.05) is 6.61 Å². The fourth-order valence-electron chi connectivity index (χ4n) is 2.16. The van der Waals surface area contributed by atoms with Crippen molar-refractivity contribution in [1.82, 2.24) is 5.32 Å². The van der Waals surface area contributed by atoms with Gasteiger partial charge in [0.05, 0.1) is 24.9 Å². The van der Waals surface area contributed by atoms with Gasteiger partial charge in [0, 0.05) is 6.04 Å². The quantitative estimate of drug-likeness (QED) is 0.546. The predicted octanol–water partition coefficient (Wildman–Crippen LogP) is -0.716. The molecule has 4 atom stereocenters. The van der Waals surface area contributed by atoms with E-state index >= 15 is 0 Å². The van der Waals surface area contributed by atoms with Crippen molar-refractivity contribution < 1.29 is 15.3 Å². The molecule has 2 rings (SSSR count). The van der Waals surface area contributed by atoms with E-state index in [1.165, 1.54) is 0 Å². The third-order valence-electron chi connectivity index (χ3n) is 3.10. The number of aliphatic hydroxyl groups excluding tert-OH is 3. The van der Waals surface area contributed by atoms with Crippen LogP contribution in [0.4, 0.5) is 0 Å². The molecule has 0 amide bonds. The van der Waals surface area contributed by atoms with Gasteiger partial charge >= 0.3 is 0 Å². The lowest BCUT2D eigenvalue weighted by atomic mass is 10.0. The fraction of sp³-hybridized carbons (Fsp3) is 0.500. The molecule has 0 unspecified atom stereocenters. The topological polar surface area (TPSA) is 72.7 Å². The normalized spacial score (nSPS) is 34.2. The second-order valence-electron chi connectivity index (χ2n) is 4.23. The lowest BCUT2D eigenvalue weighted by molar-refractivity contribution is 0.0197. The van der Waals surface area contributed by atoms with Gasteiger partial charge in [-0.3, -0.25) is 0 Å². The summed E-state index contributed by atoms with van der Waals surface area (Å²) < 4.78 is 0. The molecule has 0 aromatic heterocycles. The van der Waals surface area contributed by atoms with Crippen LogP contribution in [0.2, 0.25) is 0 Å². The molecule has 0 bridgehead atoms. The first kappa shape index (κ1) is 11.5. The summed E-state index contributed by atoms with van der Waals surface area (Å²) in [6.07, 6.45) is -1.06. The van der Waals surface area contributed by atoms with Crippen molar-refractivity contribution >= 4 is 0 Å². The first-order valence-electron chi connectivity index (χ1n) is 5.49. The number of hydrogen-bond acceptors (Lipinski definition) is 4. The molecule has 0 aliphatic carbocycles. The monoisotopic (exact) mass is 223 g/mol. The standard InChI is InChI=1S/C12H17NO3/c14-7-10-12(16)11(15)9(13-10)6-8-4-2-1-3-5-8/h1-5,9-16H,6-7H2/t9-,10-,11-,12-/m1/s1. The van der Waals surface area contributed by atoms with Gasteiger partial charge in [-0.15, -0.1) is 0 Å². The van der Waals surface area contributed by atoms with Crippen LogP contribution in [-0.4, -0.2) is 46.2 Å². The SMILES string of the molecule is OC[C@H]1N[C@H](Cc2ccccc2)[C@@H](O)[C@@H]1O. The maximum absolute atomic E-state index is 9.80. The van der Waals surface area contributed by atoms with Crippen LogP contribution in [0.3, 0.4) is 0 Å². The van der Waals surface area contributed by atoms with Crippen molar-refractivity contribution in [2.45, 2.75) is 30.7 Å². The Morgan fingerprint density at radius 3 is 2.19 bits per heavy atom. The number of rotatable bonds is 3. The minimum absolute atomic E-state index is 0.163. The van der Waals surface area contributed by atoms with Crippen LogP contribution >= 0.6 is 0 Å². The van der Waals surface area contributed by atoms with Crippen LogP contribution in [-0.2, 0) is 6.42 Å². The maximum atomic E-state index is 9.80. The van der Waals surface area contributed by atoms with Gasteiger partial charge in [0.25, 0.3) is 0 Å². The smallest absolute Gasteiger partial charge is 0.0989 e. The van der Waals surface area contributed by atoms with Crippen molar-refractivity contribution in [1.29, 1.82) is 0 Å². The first-order chi connectivity index (χ1) is 7.72. The summed E-state index contributed by atoms with van der Waals surface area (Å²) in [4.78, 5) is 0. The highest BCUT2D eigenvalue weighted by Gasteiger charge is 2.40. The molecule has 1 fully saturated rings. The zero-order chi connectivity index (χ0) is 11.5. The maximum Gasteiger partial charge on any atom is 0.0989 e. The van der Waals surface area contributed by atoms with Gasteiger partial charge in [-0.2, -0.15) is 0 Å². The summed E-state index contributed by atoms with van der Waals surface area (Å²) in [5, 5.41) is 31.5. The molecule has 0 radical (unpaired) electrons. The number of aliphatic hydroxyl groups is 3. The summed E-state index contributed by atoms with van der Waals surface area (Å²) in [5.41, 5.74) is 1.10. The van der Waals surface area contributed by atoms with E-state index < -0.39 is 18.2 Å². The molecule has 1 aromatic rings. The van der Waals surface area contributed by atoms with Crippen LogP contribution in [0, 0.1) is 0 Å². The third-order valence-corrected chi connectivity index (χ3v) is 3.10. The average molecular weight is 223 g/mol. The summed E-state index contributed by atoms with van der Waals surface area (Å²) in [7, 11) is 0. The Morgan fingerprint density at radius 2 is 1.62 bits per heavy atom. The number of hydrogen-bond donors (Lipinski definition) is 4.